The van der Waals surface area contributed by atoms with Crippen LogP contribution in [0, 0.1) is 0 Å². The number of carbonyl (C=O) groups is 1. The third-order valence-corrected chi connectivity index (χ3v) is 4.58. The Kier molecular flexibility index (Phi) is 5.07. The summed E-state index contributed by atoms with van der Waals surface area (Å²) in [4.78, 5) is 20.8. The van der Waals surface area contributed by atoms with Gasteiger partial charge in [0.15, 0.2) is 0 Å². The minimum atomic E-state index is -0.152. The molecule has 4 rings (SSSR count). The van der Waals surface area contributed by atoms with Gasteiger partial charge in [0.25, 0.3) is 5.91 Å². The summed E-state index contributed by atoms with van der Waals surface area (Å²) in [6.45, 7) is 2.08. The van der Waals surface area contributed by atoms with Gasteiger partial charge in [-0.1, -0.05) is 31.2 Å². The predicted octanol–water partition coefficient (Wildman–Crippen LogP) is 4.82. The van der Waals surface area contributed by atoms with Crippen molar-refractivity contribution >= 4 is 28.2 Å². The number of nitrogen functional groups attached to an aromatic ring is 1. The number of nitrogens with zero attached hydrogens (tertiary/aromatic N) is 2. The first-order valence-electron chi connectivity index (χ1n) is 9.31. The summed E-state index contributed by atoms with van der Waals surface area (Å²) in [5, 5.41) is 4.71. The standard InChI is InChI=1S/C23H20N4O2/c1-2-15-5-3-7-17(11-15)27-23(28)20-8-4-6-16-12-18(9-10-19(16)20)29-22-13-21(24)25-14-26-22/h3-14H,2H2,1H3,(H,27,28)(H2,24,25,26). The number of nitrogens with two attached hydrogens (primary N) is 1. The second-order valence-corrected chi connectivity index (χ2v) is 6.58. The first-order valence-corrected chi connectivity index (χ1v) is 9.31. The Labute approximate surface area is 168 Å². The fraction of sp³-hybridized carbons (Fsp3) is 0.0870. The number of hydrogen-bond donors (Lipinski definition) is 2. The maximum atomic E-state index is 12.9. The molecular formula is C23H20N4O2. The van der Waals surface area contributed by atoms with Gasteiger partial charge in [0, 0.05) is 17.3 Å². The quantitative estimate of drug-likeness (QED) is 0.515. The van der Waals surface area contributed by atoms with Gasteiger partial charge in [-0.15, -0.1) is 0 Å². The molecule has 3 N–H and O–H groups in total. The highest BCUT2D eigenvalue weighted by Crippen LogP contribution is 2.27. The van der Waals surface area contributed by atoms with Crippen molar-refractivity contribution in [3.05, 3.63) is 84.2 Å². The first kappa shape index (κ1) is 18.4. The van der Waals surface area contributed by atoms with E-state index >= 15 is 0 Å². The lowest BCUT2D eigenvalue weighted by Gasteiger charge is -2.11. The number of benzene rings is 3. The Balaban J connectivity index is 1.61. The van der Waals surface area contributed by atoms with Crippen LogP contribution in [0.3, 0.4) is 0 Å². The molecule has 6 heteroatoms. The van der Waals surface area contributed by atoms with Crippen molar-refractivity contribution in [2.75, 3.05) is 11.1 Å². The second kappa shape index (κ2) is 7.98. The van der Waals surface area contributed by atoms with E-state index in [2.05, 4.69) is 22.2 Å². The molecule has 0 saturated carbocycles. The van der Waals surface area contributed by atoms with E-state index in [1.54, 1.807) is 12.1 Å². The number of nitrogens with one attached hydrogen (secondary N) is 1. The normalized spacial score (nSPS) is 10.7. The van der Waals surface area contributed by atoms with Gasteiger partial charge in [-0.25, -0.2) is 9.97 Å². The van der Waals surface area contributed by atoms with Crippen molar-refractivity contribution in [1.29, 1.82) is 0 Å². The molecule has 0 aliphatic carbocycles. The molecule has 1 heterocycles. The van der Waals surface area contributed by atoms with Gasteiger partial charge in [-0.05, 0) is 59.2 Å². The summed E-state index contributed by atoms with van der Waals surface area (Å²) < 4.78 is 5.76. The SMILES string of the molecule is CCc1cccc(NC(=O)c2cccc3cc(Oc4cc(N)ncn4)ccc23)c1. The maximum absolute atomic E-state index is 12.9. The summed E-state index contributed by atoms with van der Waals surface area (Å²) >= 11 is 0. The number of ether oxygens (including phenoxy) is 1. The summed E-state index contributed by atoms with van der Waals surface area (Å²) in [6.07, 6.45) is 2.26. The van der Waals surface area contributed by atoms with Crippen molar-refractivity contribution in [2.24, 2.45) is 0 Å². The van der Waals surface area contributed by atoms with Crippen LogP contribution in [0.15, 0.2) is 73.1 Å². The number of aryl methyl sites for hydroxylation is 1. The highest BCUT2D eigenvalue weighted by Gasteiger charge is 2.11. The number of hydrogen-bond acceptors (Lipinski definition) is 5. The van der Waals surface area contributed by atoms with Gasteiger partial charge in [0.1, 0.15) is 17.9 Å². The average Bonchev–Trinajstić information content (AvgIpc) is 2.73. The lowest BCUT2D eigenvalue weighted by atomic mass is 10.0. The molecule has 144 valence electrons. The highest BCUT2D eigenvalue weighted by molar-refractivity contribution is 6.13. The molecule has 0 unspecified atom stereocenters. The molecular weight excluding hydrogens is 364 g/mol. The summed E-state index contributed by atoms with van der Waals surface area (Å²) in [7, 11) is 0. The molecule has 3 aromatic carbocycles. The molecule has 0 spiro atoms. The molecule has 0 fully saturated rings. The zero-order valence-electron chi connectivity index (χ0n) is 15.9. The van der Waals surface area contributed by atoms with Crippen LogP contribution in [-0.4, -0.2) is 15.9 Å². The molecule has 29 heavy (non-hydrogen) atoms. The molecule has 6 nitrogen and oxygen atoms in total. The van der Waals surface area contributed by atoms with Crippen molar-refractivity contribution in [1.82, 2.24) is 9.97 Å². The van der Waals surface area contributed by atoms with Crippen LogP contribution in [0.25, 0.3) is 10.8 Å². The van der Waals surface area contributed by atoms with E-state index in [4.69, 9.17) is 10.5 Å². The Bertz CT molecular complexity index is 1190. The summed E-state index contributed by atoms with van der Waals surface area (Å²) in [5.41, 5.74) is 8.22. The van der Waals surface area contributed by atoms with Crippen LogP contribution in [-0.2, 0) is 6.42 Å². The zero-order chi connectivity index (χ0) is 20.2. The predicted molar refractivity (Wildman–Crippen MR) is 114 cm³/mol. The largest absolute Gasteiger partial charge is 0.439 e. The minimum Gasteiger partial charge on any atom is -0.439 e. The Morgan fingerprint density at radius 3 is 2.72 bits per heavy atom. The molecule has 4 aromatic rings. The average molecular weight is 384 g/mol. The Morgan fingerprint density at radius 1 is 1.03 bits per heavy atom. The van der Waals surface area contributed by atoms with Crippen LogP contribution >= 0.6 is 0 Å². The molecule has 1 aromatic heterocycles. The number of aromatic nitrogens is 2. The van der Waals surface area contributed by atoms with E-state index in [-0.39, 0.29) is 5.91 Å². The molecule has 0 aliphatic rings. The number of rotatable bonds is 5. The Hall–Kier alpha value is -3.93. The van der Waals surface area contributed by atoms with Crippen LogP contribution < -0.4 is 15.8 Å². The van der Waals surface area contributed by atoms with Crippen LogP contribution in [0.2, 0.25) is 0 Å². The third kappa shape index (κ3) is 4.16. The van der Waals surface area contributed by atoms with Gasteiger partial charge in [0.05, 0.1) is 0 Å². The monoisotopic (exact) mass is 384 g/mol. The lowest BCUT2D eigenvalue weighted by molar-refractivity contribution is 0.102. The number of amides is 1. The smallest absolute Gasteiger partial charge is 0.256 e. The number of fused-ring (bicyclic) bond motifs is 1. The topological polar surface area (TPSA) is 90.1 Å². The van der Waals surface area contributed by atoms with Crippen LogP contribution in [0.1, 0.15) is 22.8 Å². The van der Waals surface area contributed by atoms with E-state index in [1.807, 2.05) is 54.6 Å². The molecule has 0 atom stereocenters. The zero-order valence-corrected chi connectivity index (χ0v) is 15.9. The van der Waals surface area contributed by atoms with Crippen molar-refractivity contribution in [3.8, 4) is 11.6 Å². The first-order chi connectivity index (χ1) is 14.1. The molecule has 0 bridgehead atoms. The van der Waals surface area contributed by atoms with Gasteiger partial charge in [0.2, 0.25) is 5.88 Å². The lowest BCUT2D eigenvalue weighted by Crippen LogP contribution is -2.12. The molecule has 0 radical (unpaired) electrons. The fourth-order valence-corrected chi connectivity index (χ4v) is 3.12. The van der Waals surface area contributed by atoms with E-state index in [1.165, 1.54) is 11.9 Å². The molecule has 1 amide bonds. The van der Waals surface area contributed by atoms with Gasteiger partial charge < -0.3 is 15.8 Å². The van der Waals surface area contributed by atoms with E-state index < -0.39 is 0 Å². The van der Waals surface area contributed by atoms with Crippen molar-refractivity contribution < 1.29 is 9.53 Å². The van der Waals surface area contributed by atoms with Crippen LogP contribution in [0.5, 0.6) is 11.6 Å². The van der Waals surface area contributed by atoms with E-state index in [9.17, 15) is 4.79 Å². The van der Waals surface area contributed by atoms with Crippen LogP contribution in [0.4, 0.5) is 11.5 Å². The fourth-order valence-electron chi connectivity index (χ4n) is 3.12. The highest BCUT2D eigenvalue weighted by atomic mass is 16.5. The Morgan fingerprint density at radius 2 is 1.90 bits per heavy atom. The molecule has 0 saturated heterocycles. The van der Waals surface area contributed by atoms with E-state index in [0.29, 0.717) is 23.0 Å². The van der Waals surface area contributed by atoms with Gasteiger partial charge in [-0.2, -0.15) is 0 Å². The minimum absolute atomic E-state index is 0.152. The summed E-state index contributed by atoms with van der Waals surface area (Å²) in [5.74, 6) is 1.15. The van der Waals surface area contributed by atoms with Crippen molar-refractivity contribution in [2.45, 2.75) is 13.3 Å². The molecule has 0 aliphatic heterocycles. The van der Waals surface area contributed by atoms with Crippen molar-refractivity contribution in [3.63, 3.8) is 0 Å². The van der Waals surface area contributed by atoms with Gasteiger partial charge in [-0.3, -0.25) is 4.79 Å². The second-order valence-electron chi connectivity index (χ2n) is 6.58. The number of carbonyl (C=O) groups excluding carboxylic acids is 1. The van der Waals surface area contributed by atoms with E-state index in [0.717, 1.165) is 22.9 Å². The third-order valence-electron chi connectivity index (χ3n) is 4.58. The van der Waals surface area contributed by atoms with Gasteiger partial charge >= 0.3 is 0 Å². The maximum Gasteiger partial charge on any atom is 0.256 e. The number of anilines is 2. The summed E-state index contributed by atoms with van der Waals surface area (Å²) in [6, 6.07) is 20.6.